The lowest BCUT2D eigenvalue weighted by atomic mass is 10.1. The number of rotatable bonds is 9. The van der Waals surface area contributed by atoms with E-state index in [2.05, 4.69) is 29.3 Å². The Morgan fingerprint density at radius 3 is 2.58 bits per heavy atom. The molecular weight excluding hydrogens is 433 g/mol. The van der Waals surface area contributed by atoms with Crippen molar-refractivity contribution in [2.24, 2.45) is 0 Å². The standard InChI is InChI=1S/C23H27Cl2N5O/c1-29(2)12-6-11-26-23-18-7-4-5-8-20(18)27-21(28-23)15-30(3)22(31)13-16-9-10-17(24)14-19(16)25/h4-5,7-10,14H,6,11-13,15H2,1-3H3,(H,26,27,28). The third kappa shape index (κ3) is 6.53. The summed E-state index contributed by atoms with van der Waals surface area (Å²) in [6.45, 7) is 2.11. The third-order valence-electron chi connectivity index (χ3n) is 4.89. The number of aromatic nitrogens is 2. The minimum Gasteiger partial charge on any atom is -0.369 e. The van der Waals surface area contributed by atoms with Crippen molar-refractivity contribution in [3.05, 3.63) is 63.9 Å². The van der Waals surface area contributed by atoms with Crippen LogP contribution in [0, 0.1) is 0 Å². The lowest BCUT2D eigenvalue weighted by Crippen LogP contribution is -2.28. The molecule has 0 aliphatic heterocycles. The maximum absolute atomic E-state index is 12.7. The largest absolute Gasteiger partial charge is 0.369 e. The van der Waals surface area contributed by atoms with E-state index in [1.165, 1.54) is 0 Å². The molecule has 0 bridgehead atoms. The predicted octanol–water partition coefficient (Wildman–Crippen LogP) is 4.50. The van der Waals surface area contributed by atoms with Gasteiger partial charge < -0.3 is 15.1 Å². The van der Waals surface area contributed by atoms with E-state index in [-0.39, 0.29) is 12.3 Å². The molecule has 0 aliphatic carbocycles. The molecule has 0 unspecified atom stereocenters. The van der Waals surface area contributed by atoms with Crippen LogP contribution < -0.4 is 5.32 Å². The van der Waals surface area contributed by atoms with E-state index in [0.717, 1.165) is 41.8 Å². The number of benzene rings is 2. The fourth-order valence-corrected chi connectivity index (χ4v) is 3.67. The highest BCUT2D eigenvalue weighted by atomic mass is 35.5. The van der Waals surface area contributed by atoms with Crippen LogP contribution in [0.5, 0.6) is 0 Å². The Labute approximate surface area is 193 Å². The lowest BCUT2D eigenvalue weighted by molar-refractivity contribution is -0.129. The van der Waals surface area contributed by atoms with Crippen LogP contribution in [-0.2, 0) is 17.8 Å². The van der Waals surface area contributed by atoms with E-state index in [1.807, 2.05) is 24.3 Å². The van der Waals surface area contributed by atoms with Crippen molar-refractivity contribution in [1.29, 1.82) is 0 Å². The molecule has 164 valence electrons. The van der Waals surface area contributed by atoms with Crippen molar-refractivity contribution in [2.75, 3.05) is 39.5 Å². The van der Waals surface area contributed by atoms with Crippen LogP contribution in [0.4, 0.5) is 5.82 Å². The molecule has 6 nitrogen and oxygen atoms in total. The van der Waals surface area contributed by atoms with Gasteiger partial charge in [-0.3, -0.25) is 4.79 Å². The van der Waals surface area contributed by atoms with Gasteiger partial charge in [0.05, 0.1) is 18.5 Å². The Hall–Kier alpha value is -2.41. The highest BCUT2D eigenvalue weighted by Crippen LogP contribution is 2.23. The Morgan fingerprint density at radius 2 is 1.84 bits per heavy atom. The molecule has 0 aliphatic rings. The molecule has 0 saturated heterocycles. The Balaban J connectivity index is 1.73. The van der Waals surface area contributed by atoms with Gasteiger partial charge in [0, 0.05) is 29.0 Å². The van der Waals surface area contributed by atoms with Crippen LogP contribution in [0.1, 0.15) is 17.8 Å². The van der Waals surface area contributed by atoms with Crippen molar-refractivity contribution in [3.63, 3.8) is 0 Å². The van der Waals surface area contributed by atoms with Gasteiger partial charge in [0.2, 0.25) is 5.91 Å². The molecule has 3 aromatic rings. The van der Waals surface area contributed by atoms with Gasteiger partial charge in [-0.25, -0.2) is 9.97 Å². The smallest absolute Gasteiger partial charge is 0.227 e. The first-order valence-electron chi connectivity index (χ1n) is 10.2. The topological polar surface area (TPSA) is 61.4 Å². The maximum atomic E-state index is 12.7. The zero-order valence-corrected chi connectivity index (χ0v) is 19.5. The molecule has 0 saturated carbocycles. The molecule has 31 heavy (non-hydrogen) atoms. The van der Waals surface area contributed by atoms with Crippen LogP contribution in [0.15, 0.2) is 42.5 Å². The lowest BCUT2D eigenvalue weighted by Gasteiger charge is -2.18. The summed E-state index contributed by atoms with van der Waals surface area (Å²) >= 11 is 12.2. The summed E-state index contributed by atoms with van der Waals surface area (Å²) in [5, 5.41) is 5.43. The van der Waals surface area contributed by atoms with Crippen molar-refractivity contribution >= 4 is 45.8 Å². The SMILES string of the molecule is CN(C)CCCNc1nc(CN(C)C(=O)Cc2ccc(Cl)cc2Cl)nc2ccccc12. The number of hydrogen-bond acceptors (Lipinski definition) is 5. The third-order valence-corrected chi connectivity index (χ3v) is 5.47. The molecule has 1 heterocycles. The first kappa shape index (κ1) is 23.3. The summed E-state index contributed by atoms with van der Waals surface area (Å²) < 4.78 is 0. The van der Waals surface area contributed by atoms with Crippen molar-refractivity contribution < 1.29 is 4.79 Å². The Morgan fingerprint density at radius 1 is 1.06 bits per heavy atom. The second-order valence-corrected chi connectivity index (χ2v) is 8.60. The highest BCUT2D eigenvalue weighted by molar-refractivity contribution is 6.35. The molecular formula is C23H27Cl2N5O. The van der Waals surface area contributed by atoms with Gasteiger partial charge in [0.25, 0.3) is 0 Å². The molecule has 8 heteroatoms. The van der Waals surface area contributed by atoms with Crippen molar-refractivity contribution in [1.82, 2.24) is 19.8 Å². The van der Waals surface area contributed by atoms with Crippen molar-refractivity contribution in [2.45, 2.75) is 19.4 Å². The normalized spacial score (nSPS) is 11.2. The zero-order valence-electron chi connectivity index (χ0n) is 18.0. The van der Waals surface area contributed by atoms with E-state index < -0.39 is 0 Å². The Kier molecular flexibility index (Phi) is 8.07. The van der Waals surface area contributed by atoms with Gasteiger partial charge >= 0.3 is 0 Å². The van der Waals surface area contributed by atoms with Crippen LogP contribution in [0.25, 0.3) is 10.9 Å². The summed E-state index contributed by atoms with van der Waals surface area (Å²) in [5.41, 5.74) is 1.59. The maximum Gasteiger partial charge on any atom is 0.227 e. The number of fused-ring (bicyclic) bond motifs is 1. The van der Waals surface area contributed by atoms with Gasteiger partial charge in [-0.15, -0.1) is 0 Å². The minimum atomic E-state index is -0.0681. The molecule has 0 atom stereocenters. The van der Waals surface area contributed by atoms with Crippen LogP contribution in [0.2, 0.25) is 10.0 Å². The van der Waals surface area contributed by atoms with Crippen LogP contribution in [-0.4, -0.2) is 59.9 Å². The number of nitrogens with zero attached hydrogens (tertiary/aromatic N) is 4. The fraction of sp³-hybridized carbons (Fsp3) is 0.348. The van der Waals surface area contributed by atoms with Gasteiger partial charge in [0.1, 0.15) is 5.82 Å². The Bertz CT molecular complexity index is 1060. The molecule has 0 spiro atoms. The van der Waals surface area contributed by atoms with Gasteiger partial charge in [-0.1, -0.05) is 41.4 Å². The zero-order chi connectivity index (χ0) is 22.4. The number of carbonyl (C=O) groups excluding carboxylic acids is 1. The molecule has 3 rings (SSSR count). The quantitative estimate of drug-likeness (QED) is 0.477. The number of amides is 1. The number of anilines is 1. The molecule has 1 N–H and O–H groups in total. The second-order valence-electron chi connectivity index (χ2n) is 7.75. The number of hydrogen-bond donors (Lipinski definition) is 1. The van der Waals surface area contributed by atoms with Crippen LogP contribution >= 0.6 is 23.2 Å². The number of halogens is 2. The van der Waals surface area contributed by atoms with Gasteiger partial charge in [-0.05, 0) is 56.9 Å². The van der Waals surface area contributed by atoms with E-state index in [1.54, 1.807) is 30.1 Å². The number of para-hydroxylation sites is 1. The van der Waals surface area contributed by atoms with Gasteiger partial charge in [0.15, 0.2) is 5.82 Å². The summed E-state index contributed by atoms with van der Waals surface area (Å²) in [4.78, 5) is 25.9. The molecule has 0 radical (unpaired) electrons. The number of nitrogens with one attached hydrogen (secondary N) is 1. The molecule has 1 amide bonds. The van der Waals surface area contributed by atoms with Crippen molar-refractivity contribution in [3.8, 4) is 0 Å². The first-order chi connectivity index (χ1) is 14.8. The van der Waals surface area contributed by atoms with Gasteiger partial charge in [-0.2, -0.15) is 0 Å². The monoisotopic (exact) mass is 459 g/mol. The molecule has 2 aromatic carbocycles. The summed E-state index contributed by atoms with van der Waals surface area (Å²) in [6.07, 6.45) is 1.19. The number of carbonyl (C=O) groups is 1. The predicted molar refractivity (Wildman–Crippen MR) is 128 cm³/mol. The van der Waals surface area contributed by atoms with E-state index >= 15 is 0 Å². The van der Waals surface area contributed by atoms with E-state index in [9.17, 15) is 4.79 Å². The summed E-state index contributed by atoms with van der Waals surface area (Å²) in [5.74, 6) is 1.31. The fourth-order valence-electron chi connectivity index (χ4n) is 3.20. The van der Waals surface area contributed by atoms with E-state index in [0.29, 0.717) is 22.4 Å². The first-order valence-corrected chi connectivity index (χ1v) is 10.9. The molecule has 0 fully saturated rings. The van der Waals surface area contributed by atoms with E-state index in [4.69, 9.17) is 28.2 Å². The average molecular weight is 460 g/mol. The average Bonchev–Trinajstić information content (AvgIpc) is 2.72. The summed E-state index contributed by atoms with van der Waals surface area (Å²) in [6, 6.07) is 13.0. The highest BCUT2D eigenvalue weighted by Gasteiger charge is 2.15. The van der Waals surface area contributed by atoms with Crippen LogP contribution in [0.3, 0.4) is 0 Å². The minimum absolute atomic E-state index is 0.0681. The molecule has 1 aromatic heterocycles. The summed E-state index contributed by atoms with van der Waals surface area (Å²) in [7, 11) is 5.86. The number of likely N-dealkylation sites (N-methyl/N-ethyl adjacent to an activating group) is 1. The second kappa shape index (κ2) is 10.8.